The first-order valence-electron chi connectivity index (χ1n) is 4.75. The lowest BCUT2D eigenvalue weighted by Gasteiger charge is -2.35. The zero-order chi connectivity index (χ0) is 8.82. The van der Waals surface area contributed by atoms with Gasteiger partial charge in [0.2, 0.25) is 0 Å². The second-order valence-corrected chi connectivity index (χ2v) is 5.32. The third-order valence-corrected chi connectivity index (χ3v) is 3.59. The number of fused-ring (bicyclic) bond motifs is 2. The zero-order valence-electron chi connectivity index (χ0n) is 7.93. The van der Waals surface area contributed by atoms with Crippen molar-refractivity contribution in [3.8, 4) is 0 Å². The molecule has 0 amide bonds. The van der Waals surface area contributed by atoms with E-state index in [1.54, 1.807) is 0 Å². The standard InChI is InChI=1S/C10H17NO/c1-9-3-4-10(2,7-9)6-8(5-9)11-12/h12H,3-7H2,1-2H3/t9-,10+. The van der Waals surface area contributed by atoms with E-state index in [0.717, 1.165) is 18.6 Å². The van der Waals surface area contributed by atoms with E-state index < -0.39 is 0 Å². The molecule has 1 N–H and O–H groups in total. The van der Waals surface area contributed by atoms with Crippen molar-refractivity contribution in [2.24, 2.45) is 16.0 Å². The molecule has 0 aromatic carbocycles. The van der Waals surface area contributed by atoms with Crippen molar-refractivity contribution in [1.82, 2.24) is 0 Å². The molecule has 0 spiro atoms. The predicted molar refractivity (Wildman–Crippen MR) is 48.5 cm³/mol. The summed E-state index contributed by atoms with van der Waals surface area (Å²) in [5.41, 5.74) is 1.90. The Balaban J connectivity index is 2.27. The highest BCUT2D eigenvalue weighted by Gasteiger charge is 2.47. The Labute approximate surface area is 73.7 Å². The van der Waals surface area contributed by atoms with Gasteiger partial charge in [-0.25, -0.2) is 0 Å². The molecule has 2 aliphatic rings. The molecule has 2 nitrogen and oxygen atoms in total. The van der Waals surface area contributed by atoms with Crippen LogP contribution in [0.4, 0.5) is 0 Å². The third-order valence-electron chi connectivity index (χ3n) is 3.59. The smallest absolute Gasteiger partial charge is 0.0581 e. The van der Waals surface area contributed by atoms with Gasteiger partial charge in [0.15, 0.2) is 0 Å². The number of rotatable bonds is 0. The summed E-state index contributed by atoms with van der Waals surface area (Å²) in [5.74, 6) is 0. The van der Waals surface area contributed by atoms with Crippen LogP contribution in [0.5, 0.6) is 0 Å². The molecule has 2 atom stereocenters. The summed E-state index contributed by atoms with van der Waals surface area (Å²) >= 11 is 0. The van der Waals surface area contributed by atoms with Crippen LogP contribution in [0.25, 0.3) is 0 Å². The number of hydrogen-bond donors (Lipinski definition) is 1. The van der Waals surface area contributed by atoms with E-state index in [4.69, 9.17) is 5.21 Å². The minimum absolute atomic E-state index is 0.439. The summed E-state index contributed by atoms with van der Waals surface area (Å²) in [4.78, 5) is 0. The van der Waals surface area contributed by atoms with Gasteiger partial charge >= 0.3 is 0 Å². The Morgan fingerprint density at radius 1 is 1.17 bits per heavy atom. The molecule has 2 aliphatic carbocycles. The first kappa shape index (κ1) is 8.09. The lowest BCUT2D eigenvalue weighted by Crippen LogP contribution is -2.29. The Hall–Kier alpha value is -0.530. The van der Waals surface area contributed by atoms with Crippen LogP contribution < -0.4 is 0 Å². The summed E-state index contributed by atoms with van der Waals surface area (Å²) in [6.07, 6.45) is 5.96. The average molecular weight is 167 g/mol. The maximum atomic E-state index is 8.77. The van der Waals surface area contributed by atoms with E-state index in [9.17, 15) is 0 Å². The fourth-order valence-electron chi connectivity index (χ4n) is 3.23. The topological polar surface area (TPSA) is 32.6 Å². The number of oxime groups is 1. The molecular formula is C10H17NO. The van der Waals surface area contributed by atoms with Gasteiger partial charge in [-0.1, -0.05) is 19.0 Å². The van der Waals surface area contributed by atoms with Crippen molar-refractivity contribution in [3.05, 3.63) is 0 Å². The first-order valence-corrected chi connectivity index (χ1v) is 4.75. The minimum Gasteiger partial charge on any atom is -0.411 e. The highest BCUT2D eigenvalue weighted by atomic mass is 16.4. The predicted octanol–water partition coefficient (Wildman–Crippen LogP) is 2.81. The maximum Gasteiger partial charge on any atom is 0.0581 e. The second kappa shape index (κ2) is 2.24. The molecule has 0 heterocycles. The first-order chi connectivity index (χ1) is 5.55. The van der Waals surface area contributed by atoms with Crippen LogP contribution >= 0.6 is 0 Å². The Bertz CT molecular complexity index is 216. The molecular weight excluding hydrogens is 150 g/mol. The Morgan fingerprint density at radius 2 is 1.67 bits per heavy atom. The average Bonchev–Trinajstić information content (AvgIpc) is 2.20. The number of nitrogens with zero attached hydrogens (tertiary/aromatic N) is 1. The van der Waals surface area contributed by atoms with E-state index in [0.29, 0.717) is 10.8 Å². The molecule has 2 heteroatoms. The molecule has 2 bridgehead atoms. The largest absolute Gasteiger partial charge is 0.411 e. The molecule has 0 radical (unpaired) electrons. The summed E-state index contributed by atoms with van der Waals surface area (Å²) < 4.78 is 0. The molecule has 12 heavy (non-hydrogen) atoms. The fourth-order valence-corrected chi connectivity index (χ4v) is 3.23. The summed E-state index contributed by atoms with van der Waals surface area (Å²) in [7, 11) is 0. The van der Waals surface area contributed by atoms with Gasteiger partial charge < -0.3 is 5.21 Å². The van der Waals surface area contributed by atoms with E-state index in [1.165, 1.54) is 19.3 Å². The molecule has 0 aliphatic heterocycles. The SMILES string of the molecule is C[C@]12CC[C@](C)(CC(=NO)C1)C2. The van der Waals surface area contributed by atoms with Crippen LogP contribution in [0, 0.1) is 10.8 Å². The highest BCUT2D eigenvalue weighted by molar-refractivity contribution is 5.86. The fraction of sp³-hybridized carbons (Fsp3) is 0.900. The van der Waals surface area contributed by atoms with Gasteiger partial charge in [-0.15, -0.1) is 0 Å². The van der Waals surface area contributed by atoms with Gasteiger partial charge in [-0.3, -0.25) is 0 Å². The second-order valence-electron chi connectivity index (χ2n) is 5.32. The van der Waals surface area contributed by atoms with E-state index >= 15 is 0 Å². The molecule has 0 aromatic rings. The summed E-state index contributed by atoms with van der Waals surface area (Å²) in [5, 5.41) is 12.2. The zero-order valence-corrected chi connectivity index (χ0v) is 7.93. The van der Waals surface area contributed by atoms with Crippen molar-refractivity contribution in [2.75, 3.05) is 0 Å². The van der Waals surface area contributed by atoms with Crippen LogP contribution in [-0.4, -0.2) is 10.9 Å². The normalized spacial score (nSPS) is 50.0. The molecule has 0 aromatic heterocycles. The van der Waals surface area contributed by atoms with Gasteiger partial charge in [0.05, 0.1) is 5.71 Å². The highest BCUT2D eigenvalue weighted by Crippen LogP contribution is 2.56. The molecule has 68 valence electrons. The van der Waals surface area contributed by atoms with E-state index in [-0.39, 0.29) is 0 Å². The van der Waals surface area contributed by atoms with Crippen molar-refractivity contribution in [3.63, 3.8) is 0 Å². The van der Waals surface area contributed by atoms with Gasteiger partial charge in [0.25, 0.3) is 0 Å². The van der Waals surface area contributed by atoms with E-state index in [2.05, 4.69) is 19.0 Å². The van der Waals surface area contributed by atoms with Crippen molar-refractivity contribution < 1.29 is 5.21 Å². The molecule has 2 fully saturated rings. The van der Waals surface area contributed by atoms with Crippen LogP contribution in [0.1, 0.15) is 46.0 Å². The van der Waals surface area contributed by atoms with Gasteiger partial charge in [-0.2, -0.15) is 0 Å². The Kier molecular flexibility index (Phi) is 1.51. The minimum atomic E-state index is 0.439. The molecule has 0 saturated heterocycles. The van der Waals surface area contributed by atoms with E-state index in [1.807, 2.05) is 0 Å². The Morgan fingerprint density at radius 3 is 2.08 bits per heavy atom. The molecule has 2 rings (SSSR count). The maximum absolute atomic E-state index is 8.77. The summed E-state index contributed by atoms with van der Waals surface area (Å²) in [6, 6.07) is 0. The van der Waals surface area contributed by atoms with Crippen LogP contribution in [0.2, 0.25) is 0 Å². The van der Waals surface area contributed by atoms with Crippen LogP contribution in [0.15, 0.2) is 5.16 Å². The molecule has 2 saturated carbocycles. The quantitative estimate of drug-likeness (QED) is 0.436. The van der Waals surface area contributed by atoms with Crippen molar-refractivity contribution >= 4 is 5.71 Å². The van der Waals surface area contributed by atoms with Crippen LogP contribution in [0.3, 0.4) is 0 Å². The van der Waals surface area contributed by atoms with Gasteiger partial charge in [0, 0.05) is 0 Å². The van der Waals surface area contributed by atoms with Crippen molar-refractivity contribution in [1.29, 1.82) is 0 Å². The third kappa shape index (κ3) is 1.13. The summed E-state index contributed by atoms with van der Waals surface area (Å²) in [6.45, 7) is 4.64. The van der Waals surface area contributed by atoms with Gasteiger partial charge in [-0.05, 0) is 42.9 Å². The monoisotopic (exact) mass is 167 g/mol. The lowest BCUT2D eigenvalue weighted by molar-refractivity contribution is 0.234. The molecule has 0 unspecified atom stereocenters. The number of hydrogen-bond acceptors (Lipinski definition) is 2. The van der Waals surface area contributed by atoms with Gasteiger partial charge in [0.1, 0.15) is 0 Å². The van der Waals surface area contributed by atoms with Crippen molar-refractivity contribution in [2.45, 2.75) is 46.0 Å². The lowest BCUT2D eigenvalue weighted by atomic mass is 9.70. The van der Waals surface area contributed by atoms with Crippen LogP contribution in [-0.2, 0) is 0 Å².